The molecule has 1 aliphatic heterocycles. The Morgan fingerprint density at radius 2 is 1.56 bits per heavy atom. The first-order chi connectivity index (χ1) is 8.84. The fourth-order valence-electron chi connectivity index (χ4n) is 2.44. The molecule has 2 aromatic rings. The Morgan fingerprint density at radius 1 is 0.833 bits per heavy atom. The second-order valence-corrected chi connectivity index (χ2v) is 4.59. The van der Waals surface area contributed by atoms with Gasteiger partial charge in [0.1, 0.15) is 0 Å². The van der Waals surface area contributed by atoms with Crippen LogP contribution in [-0.2, 0) is 11.2 Å². The minimum atomic E-state index is 0.301. The maximum absolute atomic E-state index is 11.9. The Kier molecular flexibility index (Phi) is 2.85. The maximum atomic E-state index is 11.9. The Balaban J connectivity index is 2.09. The fourth-order valence-corrected chi connectivity index (χ4v) is 2.44. The standard InChI is InChI=1S/C16H15NO/c18-15-11-10-13-6-4-5-9-16(13)17(12-15)14-7-2-1-3-8-14/h1-9H,10-12H2. The van der Waals surface area contributed by atoms with Crippen LogP contribution in [0.2, 0.25) is 0 Å². The van der Waals surface area contributed by atoms with Gasteiger partial charge in [0, 0.05) is 17.8 Å². The van der Waals surface area contributed by atoms with Crippen molar-refractivity contribution >= 4 is 17.2 Å². The lowest BCUT2D eigenvalue weighted by molar-refractivity contribution is -0.117. The van der Waals surface area contributed by atoms with Gasteiger partial charge in [0.25, 0.3) is 0 Å². The van der Waals surface area contributed by atoms with Crippen LogP contribution >= 0.6 is 0 Å². The molecule has 1 heterocycles. The van der Waals surface area contributed by atoms with Crippen molar-refractivity contribution < 1.29 is 4.79 Å². The van der Waals surface area contributed by atoms with Gasteiger partial charge in [-0.25, -0.2) is 0 Å². The van der Waals surface area contributed by atoms with Crippen LogP contribution in [0.1, 0.15) is 12.0 Å². The number of rotatable bonds is 1. The van der Waals surface area contributed by atoms with Crippen molar-refractivity contribution in [1.29, 1.82) is 0 Å². The monoisotopic (exact) mass is 237 g/mol. The third kappa shape index (κ3) is 2.02. The van der Waals surface area contributed by atoms with Crippen molar-refractivity contribution in [2.45, 2.75) is 12.8 Å². The zero-order valence-electron chi connectivity index (χ0n) is 10.2. The number of para-hydroxylation sites is 2. The van der Waals surface area contributed by atoms with E-state index < -0.39 is 0 Å². The van der Waals surface area contributed by atoms with Crippen molar-refractivity contribution in [2.24, 2.45) is 0 Å². The minimum absolute atomic E-state index is 0.301. The lowest BCUT2D eigenvalue weighted by Gasteiger charge is -2.24. The molecule has 0 bridgehead atoms. The molecule has 18 heavy (non-hydrogen) atoms. The highest BCUT2D eigenvalue weighted by atomic mass is 16.1. The van der Waals surface area contributed by atoms with Gasteiger partial charge in [-0.05, 0) is 30.2 Å². The molecule has 0 atom stereocenters. The summed E-state index contributed by atoms with van der Waals surface area (Å²) >= 11 is 0. The summed E-state index contributed by atoms with van der Waals surface area (Å²) < 4.78 is 0. The summed E-state index contributed by atoms with van der Waals surface area (Å²) in [7, 11) is 0. The van der Waals surface area contributed by atoms with Crippen LogP contribution in [0.5, 0.6) is 0 Å². The van der Waals surface area contributed by atoms with Crippen LogP contribution in [-0.4, -0.2) is 12.3 Å². The Labute approximate surface area is 107 Å². The number of benzene rings is 2. The normalized spacial score (nSPS) is 15.1. The van der Waals surface area contributed by atoms with E-state index >= 15 is 0 Å². The molecular weight excluding hydrogens is 222 g/mol. The number of carbonyl (C=O) groups excluding carboxylic acids is 1. The zero-order valence-corrected chi connectivity index (χ0v) is 10.2. The van der Waals surface area contributed by atoms with Gasteiger partial charge in [-0.2, -0.15) is 0 Å². The van der Waals surface area contributed by atoms with Crippen LogP contribution in [0.25, 0.3) is 0 Å². The third-order valence-electron chi connectivity index (χ3n) is 3.36. The van der Waals surface area contributed by atoms with E-state index in [2.05, 4.69) is 29.2 Å². The summed E-state index contributed by atoms with van der Waals surface area (Å²) in [5, 5.41) is 0. The molecule has 3 rings (SSSR count). The number of hydrogen-bond donors (Lipinski definition) is 0. The van der Waals surface area contributed by atoms with Crippen LogP contribution < -0.4 is 4.90 Å². The average Bonchev–Trinajstić information content (AvgIpc) is 2.60. The topological polar surface area (TPSA) is 20.3 Å². The number of hydrogen-bond acceptors (Lipinski definition) is 2. The van der Waals surface area contributed by atoms with Gasteiger partial charge >= 0.3 is 0 Å². The molecule has 0 fully saturated rings. The number of nitrogens with zero attached hydrogens (tertiary/aromatic N) is 1. The second kappa shape index (κ2) is 4.65. The highest BCUT2D eigenvalue weighted by Gasteiger charge is 2.20. The molecular formula is C16H15NO. The van der Waals surface area contributed by atoms with Gasteiger partial charge in [-0.1, -0.05) is 36.4 Å². The molecule has 0 amide bonds. The number of aryl methyl sites for hydroxylation is 1. The summed E-state index contributed by atoms with van der Waals surface area (Å²) in [6.07, 6.45) is 1.48. The molecule has 0 radical (unpaired) electrons. The summed E-state index contributed by atoms with van der Waals surface area (Å²) in [4.78, 5) is 14.0. The summed E-state index contributed by atoms with van der Waals surface area (Å²) in [5.41, 5.74) is 3.50. The molecule has 90 valence electrons. The molecule has 0 saturated heterocycles. The minimum Gasteiger partial charge on any atom is -0.334 e. The number of carbonyl (C=O) groups is 1. The van der Waals surface area contributed by atoms with E-state index in [1.165, 1.54) is 5.56 Å². The molecule has 2 heteroatoms. The predicted octanol–water partition coefficient (Wildman–Crippen LogP) is 3.34. The lowest BCUT2D eigenvalue weighted by Crippen LogP contribution is -2.23. The molecule has 2 aromatic carbocycles. The van der Waals surface area contributed by atoms with E-state index in [0.29, 0.717) is 18.7 Å². The first kappa shape index (κ1) is 11.0. The highest BCUT2D eigenvalue weighted by molar-refractivity contribution is 5.88. The fraction of sp³-hybridized carbons (Fsp3) is 0.188. The number of fused-ring (bicyclic) bond motifs is 1. The maximum Gasteiger partial charge on any atom is 0.152 e. The molecule has 2 nitrogen and oxygen atoms in total. The third-order valence-corrected chi connectivity index (χ3v) is 3.36. The second-order valence-electron chi connectivity index (χ2n) is 4.59. The smallest absolute Gasteiger partial charge is 0.152 e. The average molecular weight is 237 g/mol. The summed E-state index contributed by atoms with van der Waals surface area (Å²) in [6, 6.07) is 18.4. The van der Waals surface area contributed by atoms with E-state index in [9.17, 15) is 4.79 Å². The van der Waals surface area contributed by atoms with E-state index in [4.69, 9.17) is 0 Å². The van der Waals surface area contributed by atoms with Gasteiger partial charge < -0.3 is 4.90 Å². The number of ketones is 1. The SMILES string of the molecule is O=C1CCc2ccccc2N(c2ccccc2)C1. The number of Topliss-reactive ketones (excluding diaryl/α,β-unsaturated/α-hetero) is 1. The Hall–Kier alpha value is -2.09. The van der Waals surface area contributed by atoms with Gasteiger partial charge in [-0.15, -0.1) is 0 Å². The molecule has 0 spiro atoms. The Bertz CT molecular complexity index is 562. The van der Waals surface area contributed by atoms with Crippen LogP contribution in [0.15, 0.2) is 54.6 Å². The van der Waals surface area contributed by atoms with E-state index in [0.717, 1.165) is 17.8 Å². The zero-order chi connectivity index (χ0) is 12.4. The van der Waals surface area contributed by atoms with Crippen molar-refractivity contribution in [1.82, 2.24) is 0 Å². The molecule has 0 unspecified atom stereocenters. The lowest BCUT2D eigenvalue weighted by atomic mass is 10.1. The summed E-state index contributed by atoms with van der Waals surface area (Å²) in [5.74, 6) is 0.301. The Morgan fingerprint density at radius 3 is 2.39 bits per heavy atom. The molecule has 0 N–H and O–H groups in total. The van der Waals surface area contributed by atoms with E-state index in [1.54, 1.807) is 0 Å². The van der Waals surface area contributed by atoms with Crippen molar-refractivity contribution in [2.75, 3.05) is 11.4 Å². The van der Waals surface area contributed by atoms with E-state index in [1.807, 2.05) is 30.3 Å². The first-order valence-electron chi connectivity index (χ1n) is 6.27. The predicted molar refractivity (Wildman–Crippen MR) is 73.2 cm³/mol. The molecule has 0 saturated carbocycles. The summed E-state index contributed by atoms with van der Waals surface area (Å²) in [6.45, 7) is 0.473. The van der Waals surface area contributed by atoms with Crippen molar-refractivity contribution in [3.05, 3.63) is 60.2 Å². The molecule has 0 aromatic heterocycles. The highest BCUT2D eigenvalue weighted by Crippen LogP contribution is 2.31. The van der Waals surface area contributed by atoms with Gasteiger partial charge in [0.2, 0.25) is 0 Å². The van der Waals surface area contributed by atoms with Crippen LogP contribution in [0.3, 0.4) is 0 Å². The first-order valence-corrected chi connectivity index (χ1v) is 6.27. The van der Waals surface area contributed by atoms with Crippen molar-refractivity contribution in [3.63, 3.8) is 0 Å². The number of anilines is 2. The van der Waals surface area contributed by atoms with Gasteiger partial charge in [0.15, 0.2) is 5.78 Å². The van der Waals surface area contributed by atoms with Crippen LogP contribution in [0, 0.1) is 0 Å². The largest absolute Gasteiger partial charge is 0.334 e. The van der Waals surface area contributed by atoms with E-state index in [-0.39, 0.29) is 0 Å². The quantitative estimate of drug-likeness (QED) is 0.758. The van der Waals surface area contributed by atoms with Gasteiger partial charge in [0.05, 0.1) is 6.54 Å². The molecule has 0 aliphatic carbocycles. The van der Waals surface area contributed by atoms with Gasteiger partial charge in [-0.3, -0.25) is 4.79 Å². The molecule has 1 aliphatic rings. The van der Waals surface area contributed by atoms with Crippen molar-refractivity contribution in [3.8, 4) is 0 Å². The van der Waals surface area contributed by atoms with Crippen LogP contribution in [0.4, 0.5) is 11.4 Å².